The Labute approximate surface area is 165 Å². The number of hydrogen-bond acceptors (Lipinski definition) is 4. The third-order valence-corrected chi connectivity index (χ3v) is 4.53. The lowest BCUT2D eigenvalue weighted by Gasteiger charge is -2.25. The minimum absolute atomic E-state index is 0.0141. The Morgan fingerprint density at radius 3 is 2.48 bits per heavy atom. The molecular formula is C20H21F3N2O4. The fraction of sp³-hybridized carbons (Fsp3) is 0.400. The Bertz CT molecular complexity index is 953. The van der Waals surface area contributed by atoms with Crippen LogP contribution in [0.2, 0.25) is 0 Å². The van der Waals surface area contributed by atoms with E-state index in [-0.39, 0.29) is 5.92 Å². The van der Waals surface area contributed by atoms with Gasteiger partial charge < -0.3 is 19.4 Å². The Morgan fingerprint density at radius 2 is 1.83 bits per heavy atom. The van der Waals surface area contributed by atoms with Gasteiger partial charge in [-0.2, -0.15) is 13.2 Å². The van der Waals surface area contributed by atoms with Crippen LogP contribution in [-0.4, -0.2) is 23.7 Å². The van der Waals surface area contributed by atoms with Crippen molar-refractivity contribution >= 4 is 5.91 Å². The molecule has 1 atom stereocenters. The van der Waals surface area contributed by atoms with E-state index in [1.54, 1.807) is 18.2 Å². The smallest absolute Gasteiger partial charge is 0.417 e. The number of aromatic nitrogens is 1. The number of hydrogen-bond donors (Lipinski definition) is 1. The van der Waals surface area contributed by atoms with Crippen molar-refractivity contribution in [3.63, 3.8) is 0 Å². The zero-order valence-corrected chi connectivity index (χ0v) is 16.0. The zero-order valence-electron chi connectivity index (χ0n) is 16.0. The molecule has 1 aliphatic heterocycles. The normalized spacial score (nSPS) is 14.6. The van der Waals surface area contributed by atoms with Crippen LogP contribution in [0.1, 0.15) is 31.0 Å². The standard InChI is InChI=1S/C20H21F3N2O4/c1-12(2)19(13-3-5-15-16(9-13)29-8-7-28-15)24-17(26)11-25-10-14(20(21,22)23)4-6-18(25)27/h3-6,9-10,12,19H,7-8,11H2,1-2H3,(H,24,26)/t19-/m0/s1. The Kier molecular flexibility index (Phi) is 5.86. The van der Waals surface area contributed by atoms with Crippen LogP contribution in [-0.2, 0) is 17.5 Å². The number of nitrogens with one attached hydrogen (secondary N) is 1. The van der Waals surface area contributed by atoms with Crippen molar-refractivity contribution in [1.29, 1.82) is 0 Å². The molecule has 29 heavy (non-hydrogen) atoms. The second-order valence-corrected chi connectivity index (χ2v) is 7.07. The Balaban J connectivity index is 1.78. The average Bonchev–Trinajstić information content (AvgIpc) is 2.66. The average molecular weight is 410 g/mol. The van der Waals surface area contributed by atoms with Crippen molar-refractivity contribution in [2.24, 2.45) is 5.92 Å². The zero-order chi connectivity index (χ0) is 21.2. The molecule has 0 unspecified atom stereocenters. The third kappa shape index (κ3) is 4.90. The van der Waals surface area contributed by atoms with E-state index in [9.17, 15) is 22.8 Å². The number of amides is 1. The van der Waals surface area contributed by atoms with Gasteiger partial charge in [0, 0.05) is 12.3 Å². The van der Waals surface area contributed by atoms with Gasteiger partial charge in [0.2, 0.25) is 5.91 Å². The number of rotatable bonds is 5. The molecule has 2 aromatic rings. The summed E-state index contributed by atoms with van der Waals surface area (Å²) in [6.45, 7) is 4.17. The number of benzene rings is 1. The van der Waals surface area contributed by atoms with E-state index < -0.39 is 35.8 Å². The summed E-state index contributed by atoms with van der Waals surface area (Å²) in [5.74, 6) is 0.604. The molecular weight excluding hydrogens is 389 g/mol. The number of carbonyl (C=O) groups is 1. The summed E-state index contributed by atoms with van der Waals surface area (Å²) in [6, 6.07) is 6.41. The van der Waals surface area contributed by atoms with Crippen molar-refractivity contribution in [1.82, 2.24) is 9.88 Å². The maximum absolute atomic E-state index is 12.9. The highest BCUT2D eigenvalue weighted by Gasteiger charge is 2.31. The van der Waals surface area contributed by atoms with Crippen LogP contribution in [0.15, 0.2) is 41.3 Å². The summed E-state index contributed by atoms with van der Waals surface area (Å²) in [5, 5.41) is 2.80. The van der Waals surface area contributed by atoms with Crippen LogP contribution in [0.3, 0.4) is 0 Å². The van der Waals surface area contributed by atoms with Crippen LogP contribution in [0.25, 0.3) is 0 Å². The quantitative estimate of drug-likeness (QED) is 0.822. The highest BCUT2D eigenvalue weighted by Crippen LogP contribution is 2.34. The highest BCUT2D eigenvalue weighted by atomic mass is 19.4. The molecule has 1 aromatic heterocycles. The van der Waals surface area contributed by atoms with Gasteiger partial charge in [0.15, 0.2) is 11.5 Å². The second-order valence-electron chi connectivity index (χ2n) is 7.07. The molecule has 0 radical (unpaired) electrons. The number of nitrogens with zero attached hydrogens (tertiary/aromatic N) is 1. The van der Waals surface area contributed by atoms with E-state index in [1.165, 1.54) is 0 Å². The van der Waals surface area contributed by atoms with Crippen LogP contribution in [0.4, 0.5) is 13.2 Å². The second kappa shape index (κ2) is 8.18. The topological polar surface area (TPSA) is 69.6 Å². The molecule has 9 heteroatoms. The van der Waals surface area contributed by atoms with Gasteiger partial charge in [0.25, 0.3) is 5.56 Å². The Morgan fingerprint density at radius 1 is 1.14 bits per heavy atom. The number of pyridine rings is 1. The SMILES string of the molecule is CC(C)[C@H](NC(=O)Cn1cc(C(F)(F)F)ccc1=O)c1ccc2c(c1)OCCO2. The van der Waals surface area contributed by atoms with Gasteiger partial charge in [-0.05, 0) is 29.7 Å². The van der Waals surface area contributed by atoms with Crippen molar-refractivity contribution < 1.29 is 27.4 Å². The molecule has 1 amide bonds. The van der Waals surface area contributed by atoms with Crippen molar-refractivity contribution in [2.75, 3.05) is 13.2 Å². The van der Waals surface area contributed by atoms with Gasteiger partial charge >= 0.3 is 6.18 Å². The molecule has 0 spiro atoms. The first-order valence-corrected chi connectivity index (χ1v) is 9.12. The van der Waals surface area contributed by atoms with Gasteiger partial charge in [0.05, 0.1) is 11.6 Å². The molecule has 0 saturated heterocycles. The fourth-order valence-electron chi connectivity index (χ4n) is 3.08. The molecule has 3 rings (SSSR count). The van der Waals surface area contributed by atoms with E-state index in [2.05, 4.69) is 5.32 Å². The monoisotopic (exact) mass is 410 g/mol. The van der Waals surface area contributed by atoms with Gasteiger partial charge in [-0.15, -0.1) is 0 Å². The number of halogens is 3. The summed E-state index contributed by atoms with van der Waals surface area (Å²) in [4.78, 5) is 24.4. The van der Waals surface area contributed by atoms with E-state index in [0.717, 1.165) is 16.2 Å². The molecule has 2 heterocycles. The molecule has 0 aliphatic carbocycles. The molecule has 1 aromatic carbocycles. The van der Waals surface area contributed by atoms with Gasteiger partial charge in [0.1, 0.15) is 19.8 Å². The van der Waals surface area contributed by atoms with E-state index in [0.29, 0.717) is 37.0 Å². The summed E-state index contributed by atoms with van der Waals surface area (Å²) in [7, 11) is 0. The van der Waals surface area contributed by atoms with Crippen molar-refractivity contribution in [2.45, 2.75) is 32.6 Å². The third-order valence-electron chi connectivity index (χ3n) is 4.53. The maximum atomic E-state index is 12.9. The molecule has 6 nitrogen and oxygen atoms in total. The lowest BCUT2D eigenvalue weighted by Crippen LogP contribution is -2.36. The van der Waals surface area contributed by atoms with Crippen LogP contribution < -0.4 is 20.3 Å². The molecule has 156 valence electrons. The van der Waals surface area contributed by atoms with E-state index in [4.69, 9.17) is 9.47 Å². The first-order chi connectivity index (χ1) is 13.6. The summed E-state index contributed by atoms with van der Waals surface area (Å²) in [6.07, 6.45) is -3.95. The lowest BCUT2D eigenvalue weighted by molar-refractivity contribution is -0.138. The maximum Gasteiger partial charge on any atom is 0.417 e. The van der Waals surface area contributed by atoms with E-state index in [1.807, 2.05) is 13.8 Å². The first-order valence-electron chi connectivity index (χ1n) is 9.12. The van der Waals surface area contributed by atoms with E-state index >= 15 is 0 Å². The predicted octanol–water partition coefficient (Wildman–Crippen LogP) is 3.15. The number of ether oxygens (including phenoxy) is 2. The van der Waals surface area contributed by atoms with Crippen LogP contribution in [0, 0.1) is 5.92 Å². The largest absolute Gasteiger partial charge is 0.486 e. The number of fused-ring (bicyclic) bond motifs is 1. The fourth-order valence-corrected chi connectivity index (χ4v) is 3.08. The van der Waals surface area contributed by atoms with Gasteiger partial charge in [-0.3, -0.25) is 9.59 Å². The highest BCUT2D eigenvalue weighted by molar-refractivity contribution is 5.76. The molecule has 0 saturated carbocycles. The molecule has 0 bridgehead atoms. The number of alkyl halides is 3. The van der Waals surface area contributed by atoms with Crippen LogP contribution >= 0.6 is 0 Å². The summed E-state index contributed by atoms with van der Waals surface area (Å²) < 4.78 is 50.4. The summed E-state index contributed by atoms with van der Waals surface area (Å²) >= 11 is 0. The van der Waals surface area contributed by atoms with Gasteiger partial charge in [-0.25, -0.2) is 0 Å². The lowest BCUT2D eigenvalue weighted by atomic mass is 9.95. The van der Waals surface area contributed by atoms with Crippen LogP contribution in [0.5, 0.6) is 11.5 Å². The number of carbonyl (C=O) groups excluding carboxylic acids is 1. The first kappa shape index (κ1) is 20.8. The molecule has 1 N–H and O–H groups in total. The minimum Gasteiger partial charge on any atom is -0.486 e. The van der Waals surface area contributed by atoms with Crippen molar-refractivity contribution in [3.8, 4) is 11.5 Å². The summed E-state index contributed by atoms with van der Waals surface area (Å²) in [5.41, 5.74) is -0.903. The van der Waals surface area contributed by atoms with Crippen molar-refractivity contribution in [3.05, 3.63) is 58.0 Å². The van der Waals surface area contributed by atoms with Gasteiger partial charge in [-0.1, -0.05) is 19.9 Å². The molecule has 0 fully saturated rings. The molecule has 1 aliphatic rings. The predicted molar refractivity (Wildman–Crippen MR) is 98.9 cm³/mol. The Hall–Kier alpha value is -2.97. The minimum atomic E-state index is -4.60.